The number of esters is 1. The Hall–Kier alpha value is -0.830. The normalized spacial score (nSPS) is 12.1. The summed E-state index contributed by atoms with van der Waals surface area (Å²) in [7, 11) is 0. The SMILES string of the molecule is CCOC(=O)CC(CBr)Cc1ccccc1. The topological polar surface area (TPSA) is 26.3 Å². The van der Waals surface area contributed by atoms with E-state index in [9.17, 15) is 4.79 Å². The van der Waals surface area contributed by atoms with Crippen molar-refractivity contribution in [3.05, 3.63) is 35.9 Å². The van der Waals surface area contributed by atoms with E-state index in [1.165, 1.54) is 5.56 Å². The van der Waals surface area contributed by atoms with Crippen molar-refractivity contribution < 1.29 is 9.53 Å². The van der Waals surface area contributed by atoms with Gasteiger partial charge in [-0.05, 0) is 24.8 Å². The largest absolute Gasteiger partial charge is 0.466 e. The maximum atomic E-state index is 11.4. The van der Waals surface area contributed by atoms with Gasteiger partial charge in [0.2, 0.25) is 0 Å². The fourth-order valence-electron chi connectivity index (χ4n) is 1.58. The maximum Gasteiger partial charge on any atom is 0.306 e. The van der Waals surface area contributed by atoms with Crippen molar-refractivity contribution in [2.45, 2.75) is 19.8 Å². The molecule has 0 radical (unpaired) electrons. The van der Waals surface area contributed by atoms with Gasteiger partial charge in [0.15, 0.2) is 0 Å². The van der Waals surface area contributed by atoms with Crippen LogP contribution in [0.5, 0.6) is 0 Å². The maximum absolute atomic E-state index is 11.4. The average Bonchev–Trinajstić information content (AvgIpc) is 2.30. The van der Waals surface area contributed by atoms with E-state index in [2.05, 4.69) is 28.1 Å². The fourth-order valence-corrected chi connectivity index (χ4v) is 2.04. The molecule has 0 spiro atoms. The molecule has 3 heteroatoms. The molecule has 0 amide bonds. The first kappa shape index (κ1) is 13.2. The minimum absolute atomic E-state index is 0.108. The smallest absolute Gasteiger partial charge is 0.306 e. The standard InChI is InChI=1S/C13H17BrO2/c1-2-16-13(15)9-12(10-14)8-11-6-4-3-5-7-11/h3-7,12H,2,8-10H2,1H3. The number of hydrogen-bond donors (Lipinski definition) is 0. The van der Waals surface area contributed by atoms with E-state index in [-0.39, 0.29) is 5.97 Å². The van der Waals surface area contributed by atoms with E-state index < -0.39 is 0 Å². The zero-order valence-corrected chi connectivity index (χ0v) is 11.1. The average molecular weight is 285 g/mol. The minimum atomic E-state index is -0.108. The van der Waals surface area contributed by atoms with Crippen molar-refractivity contribution in [2.24, 2.45) is 5.92 Å². The van der Waals surface area contributed by atoms with Crippen molar-refractivity contribution in [2.75, 3.05) is 11.9 Å². The Bertz CT molecular complexity index is 311. The molecule has 0 aliphatic carbocycles. The number of carbonyl (C=O) groups excluding carboxylic acids is 1. The number of ether oxygens (including phenoxy) is 1. The molecule has 1 atom stereocenters. The highest BCUT2D eigenvalue weighted by Crippen LogP contribution is 2.15. The zero-order valence-electron chi connectivity index (χ0n) is 9.49. The summed E-state index contributed by atoms with van der Waals surface area (Å²) in [5, 5.41) is 0.820. The summed E-state index contributed by atoms with van der Waals surface area (Å²) < 4.78 is 4.95. The van der Waals surface area contributed by atoms with Gasteiger partial charge in [-0.1, -0.05) is 46.3 Å². The predicted octanol–water partition coefficient (Wildman–Crippen LogP) is 3.19. The second-order valence-corrected chi connectivity index (χ2v) is 4.37. The van der Waals surface area contributed by atoms with Crippen molar-refractivity contribution in [1.82, 2.24) is 0 Å². The Morgan fingerprint density at radius 1 is 1.38 bits per heavy atom. The van der Waals surface area contributed by atoms with Gasteiger partial charge in [0.1, 0.15) is 0 Å². The lowest BCUT2D eigenvalue weighted by molar-refractivity contribution is -0.144. The van der Waals surface area contributed by atoms with Gasteiger partial charge >= 0.3 is 5.97 Å². The lowest BCUT2D eigenvalue weighted by Gasteiger charge is -2.12. The van der Waals surface area contributed by atoms with Crippen LogP contribution in [-0.4, -0.2) is 17.9 Å². The van der Waals surface area contributed by atoms with Crippen LogP contribution in [0.1, 0.15) is 18.9 Å². The van der Waals surface area contributed by atoms with E-state index in [1.54, 1.807) is 0 Å². The third kappa shape index (κ3) is 4.79. The molecule has 1 aromatic rings. The van der Waals surface area contributed by atoms with Gasteiger partial charge in [-0.25, -0.2) is 0 Å². The second-order valence-electron chi connectivity index (χ2n) is 3.72. The highest BCUT2D eigenvalue weighted by atomic mass is 79.9. The monoisotopic (exact) mass is 284 g/mol. The van der Waals surface area contributed by atoms with Gasteiger partial charge in [0.05, 0.1) is 6.61 Å². The highest BCUT2D eigenvalue weighted by molar-refractivity contribution is 9.09. The van der Waals surface area contributed by atoms with Crippen LogP contribution >= 0.6 is 15.9 Å². The number of benzene rings is 1. The van der Waals surface area contributed by atoms with Gasteiger partial charge in [0.25, 0.3) is 0 Å². The van der Waals surface area contributed by atoms with Gasteiger partial charge in [-0.15, -0.1) is 0 Å². The molecule has 0 aliphatic rings. The van der Waals surface area contributed by atoms with Crippen LogP contribution in [0, 0.1) is 5.92 Å². The van der Waals surface area contributed by atoms with Crippen LogP contribution in [0.15, 0.2) is 30.3 Å². The fraction of sp³-hybridized carbons (Fsp3) is 0.462. The Morgan fingerprint density at radius 2 is 2.06 bits per heavy atom. The summed E-state index contributed by atoms with van der Waals surface area (Å²) >= 11 is 3.45. The van der Waals surface area contributed by atoms with Gasteiger partial charge < -0.3 is 4.74 Å². The van der Waals surface area contributed by atoms with E-state index in [4.69, 9.17) is 4.74 Å². The first-order chi connectivity index (χ1) is 7.76. The molecular formula is C13H17BrO2. The third-order valence-electron chi connectivity index (χ3n) is 2.35. The third-order valence-corrected chi connectivity index (χ3v) is 3.26. The predicted molar refractivity (Wildman–Crippen MR) is 68.7 cm³/mol. The van der Waals surface area contributed by atoms with Crippen molar-refractivity contribution in [1.29, 1.82) is 0 Å². The van der Waals surface area contributed by atoms with Crippen LogP contribution in [0.3, 0.4) is 0 Å². The molecule has 0 bridgehead atoms. The van der Waals surface area contributed by atoms with Crippen LogP contribution in [-0.2, 0) is 16.0 Å². The molecule has 2 nitrogen and oxygen atoms in total. The Labute approximate surface area is 105 Å². The lowest BCUT2D eigenvalue weighted by atomic mass is 9.98. The number of carbonyl (C=O) groups is 1. The molecule has 1 rings (SSSR count). The quantitative estimate of drug-likeness (QED) is 0.592. The summed E-state index contributed by atoms with van der Waals surface area (Å²) in [6.45, 7) is 2.29. The number of hydrogen-bond acceptors (Lipinski definition) is 2. The summed E-state index contributed by atoms with van der Waals surface area (Å²) in [4.78, 5) is 11.4. The molecule has 88 valence electrons. The molecule has 0 fully saturated rings. The van der Waals surface area contributed by atoms with Crippen LogP contribution in [0.2, 0.25) is 0 Å². The highest BCUT2D eigenvalue weighted by Gasteiger charge is 2.14. The van der Waals surface area contributed by atoms with E-state index in [0.29, 0.717) is 18.9 Å². The van der Waals surface area contributed by atoms with E-state index in [1.807, 2.05) is 25.1 Å². The van der Waals surface area contributed by atoms with Gasteiger partial charge in [-0.3, -0.25) is 4.79 Å². The Kier molecular flexibility index (Phi) is 6.16. The number of halogens is 1. The molecular weight excluding hydrogens is 268 g/mol. The second kappa shape index (κ2) is 7.44. The Balaban J connectivity index is 2.46. The summed E-state index contributed by atoms with van der Waals surface area (Å²) in [6.07, 6.45) is 1.39. The van der Waals surface area contributed by atoms with Crippen LogP contribution < -0.4 is 0 Å². The van der Waals surface area contributed by atoms with E-state index >= 15 is 0 Å². The molecule has 0 aliphatic heterocycles. The molecule has 0 N–H and O–H groups in total. The summed E-state index contributed by atoms with van der Waals surface area (Å²) in [6, 6.07) is 10.2. The van der Waals surface area contributed by atoms with Crippen molar-refractivity contribution in [3.63, 3.8) is 0 Å². The van der Waals surface area contributed by atoms with Crippen molar-refractivity contribution >= 4 is 21.9 Å². The number of rotatable bonds is 6. The van der Waals surface area contributed by atoms with Crippen LogP contribution in [0.4, 0.5) is 0 Å². The summed E-state index contributed by atoms with van der Waals surface area (Å²) in [5.74, 6) is 0.198. The molecule has 0 heterocycles. The van der Waals surface area contributed by atoms with Gasteiger partial charge in [-0.2, -0.15) is 0 Å². The molecule has 1 unspecified atom stereocenters. The van der Waals surface area contributed by atoms with Crippen LogP contribution in [0.25, 0.3) is 0 Å². The minimum Gasteiger partial charge on any atom is -0.466 e. The zero-order chi connectivity index (χ0) is 11.8. The lowest BCUT2D eigenvalue weighted by Crippen LogP contribution is -2.14. The first-order valence-corrected chi connectivity index (χ1v) is 6.64. The molecule has 0 saturated heterocycles. The van der Waals surface area contributed by atoms with Crippen molar-refractivity contribution in [3.8, 4) is 0 Å². The molecule has 0 aromatic heterocycles. The first-order valence-electron chi connectivity index (χ1n) is 5.51. The van der Waals surface area contributed by atoms with Gasteiger partial charge in [0, 0.05) is 11.8 Å². The molecule has 1 aromatic carbocycles. The van der Waals surface area contributed by atoms with E-state index in [0.717, 1.165) is 11.8 Å². The number of alkyl halides is 1. The molecule has 0 saturated carbocycles. The molecule has 16 heavy (non-hydrogen) atoms. The summed E-state index contributed by atoms with van der Waals surface area (Å²) in [5.41, 5.74) is 1.26. The Morgan fingerprint density at radius 3 is 2.62 bits per heavy atom.